The lowest BCUT2D eigenvalue weighted by Crippen LogP contribution is -2.49. The largest absolute Gasteiger partial charge is 0.497 e. The van der Waals surface area contributed by atoms with Crippen LogP contribution in [0.15, 0.2) is 60.8 Å². The average Bonchev–Trinajstić information content (AvgIpc) is 3.21. The molecule has 9 heteroatoms. The predicted octanol–water partition coefficient (Wildman–Crippen LogP) is 3.64. The fourth-order valence-electron chi connectivity index (χ4n) is 4.94. The molecule has 5 rings (SSSR count). The van der Waals surface area contributed by atoms with Gasteiger partial charge in [-0.05, 0) is 66.9 Å². The second kappa shape index (κ2) is 10.5. The van der Waals surface area contributed by atoms with Gasteiger partial charge < -0.3 is 14.5 Å². The lowest BCUT2D eigenvalue weighted by Gasteiger charge is -2.36. The number of hydrogen-bond donors (Lipinski definition) is 0. The summed E-state index contributed by atoms with van der Waals surface area (Å²) in [6, 6.07) is 15.9. The van der Waals surface area contributed by atoms with E-state index in [-0.39, 0.29) is 30.9 Å². The molecule has 3 heterocycles. The molecule has 0 bridgehead atoms. The Morgan fingerprint density at radius 2 is 1.63 bits per heavy atom. The van der Waals surface area contributed by atoms with Crippen LogP contribution in [0.3, 0.4) is 0 Å². The highest BCUT2D eigenvalue weighted by Crippen LogP contribution is 2.25. The standard InChI is InChI=1S/C29H31N5O4/c1-20-16-21(2)27(30-17-20)31-12-14-32(15-13-31)28(36)23-6-8-24(9-7-23)33-19-26(35)34(29(33)37)18-22-4-10-25(38-3)11-5-22/h4-11,16-17H,12-15,18-19H2,1-3H3. The zero-order valence-corrected chi connectivity index (χ0v) is 21.9. The van der Waals surface area contributed by atoms with Crippen LogP contribution in [0.1, 0.15) is 27.0 Å². The summed E-state index contributed by atoms with van der Waals surface area (Å²) < 4.78 is 5.16. The number of imide groups is 1. The third kappa shape index (κ3) is 5.04. The molecule has 38 heavy (non-hydrogen) atoms. The third-order valence-electron chi connectivity index (χ3n) is 7.04. The highest BCUT2D eigenvalue weighted by molar-refractivity contribution is 6.12. The maximum Gasteiger partial charge on any atom is 0.332 e. The first-order valence-corrected chi connectivity index (χ1v) is 12.7. The number of anilines is 2. The van der Waals surface area contributed by atoms with E-state index in [4.69, 9.17) is 4.74 Å². The van der Waals surface area contributed by atoms with E-state index in [1.807, 2.05) is 30.2 Å². The number of ether oxygens (including phenoxy) is 1. The second-order valence-corrected chi connectivity index (χ2v) is 9.68. The van der Waals surface area contributed by atoms with Gasteiger partial charge in [-0.25, -0.2) is 9.78 Å². The minimum absolute atomic E-state index is 0.0310. The SMILES string of the molecule is COc1ccc(CN2C(=O)CN(c3ccc(C(=O)N4CCN(c5ncc(C)cc5C)CC4)cc3)C2=O)cc1. The molecule has 1 aromatic heterocycles. The van der Waals surface area contributed by atoms with Gasteiger partial charge >= 0.3 is 6.03 Å². The normalized spacial score (nSPS) is 15.9. The van der Waals surface area contributed by atoms with E-state index in [1.165, 1.54) is 9.80 Å². The minimum Gasteiger partial charge on any atom is -0.497 e. The summed E-state index contributed by atoms with van der Waals surface area (Å²) in [6.07, 6.45) is 1.87. The first kappa shape index (κ1) is 25.3. The number of pyridine rings is 1. The number of benzene rings is 2. The fraction of sp³-hybridized carbons (Fsp3) is 0.310. The van der Waals surface area contributed by atoms with Gasteiger partial charge in [0.15, 0.2) is 0 Å². The number of aryl methyl sites for hydroxylation is 2. The van der Waals surface area contributed by atoms with Crippen molar-refractivity contribution in [2.24, 2.45) is 0 Å². The number of piperazine rings is 1. The highest BCUT2D eigenvalue weighted by Gasteiger charge is 2.37. The number of hydrogen-bond acceptors (Lipinski definition) is 6. The van der Waals surface area contributed by atoms with Gasteiger partial charge in [-0.3, -0.25) is 19.4 Å². The summed E-state index contributed by atoms with van der Waals surface area (Å²) in [5.74, 6) is 1.37. The van der Waals surface area contributed by atoms with Crippen molar-refractivity contribution in [2.45, 2.75) is 20.4 Å². The molecular formula is C29H31N5O4. The van der Waals surface area contributed by atoms with Crippen LogP contribution < -0.4 is 14.5 Å². The summed E-state index contributed by atoms with van der Waals surface area (Å²) in [5.41, 5.74) is 4.25. The van der Waals surface area contributed by atoms with Crippen LogP contribution in [0.5, 0.6) is 5.75 Å². The van der Waals surface area contributed by atoms with E-state index in [2.05, 4.69) is 22.9 Å². The number of urea groups is 1. The Hall–Kier alpha value is -4.40. The van der Waals surface area contributed by atoms with Crippen molar-refractivity contribution in [3.05, 3.63) is 83.0 Å². The van der Waals surface area contributed by atoms with Crippen molar-refractivity contribution in [2.75, 3.05) is 49.6 Å². The fourth-order valence-corrected chi connectivity index (χ4v) is 4.94. The molecule has 2 aliphatic heterocycles. The van der Waals surface area contributed by atoms with Crippen LogP contribution in [-0.4, -0.2) is 72.5 Å². The molecule has 9 nitrogen and oxygen atoms in total. The Morgan fingerprint density at radius 1 is 0.947 bits per heavy atom. The number of carbonyl (C=O) groups excluding carboxylic acids is 3. The molecule has 0 aliphatic carbocycles. The molecule has 2 saturated heterocycles. The summed E-state index contributed by atoms with van der Waals surface area (Å²) in [7, 11) is 1.59. The lowest BCUT2D eigenvalue weighted by molar-refractivity contribution is -0.125. The Bertz CT molecular complexity index is 1350. The smallest absolute Gasteiger partial charge is 0.332 e. The zero-order chi connectivity index (χ0) is 26.8. The van der Waals surface area contributed by atoms with Crippen molar-refractivity contribution < 1.29 is 19.1 Å². The molecule has 0 unspecified atom stereocenters. The van der Waals surface area contributed by atoms with Gasteiger partial charge in [0.2, 0.25) is 0 Å². The number of nitrogens with zero attached hydrogens (tertiary/aromatic N) is 5. The van der Waals surface area contributed by atoms with Gasteiger partial charge in [0.05, 0.1) is 13.7 Å². The number of carbonyl (C=O) groups is 3. The molecule has 0 atom stereocenters. The minimum atomic E-state index is -0.374. The van der Waals surface area contributed by atoms with Crippen LogP contribution in [0.2, 0.25) is 0 Å². The molecule has 0 spiro atoms. The van der Waals surface area contributed by atoms with Crippen LogP contribution >= 0.6 is 0 Å². The predicted molar refractivity (Wildman–Crippen MR) is 145 cm³/mol. The quantitative estimate of drug-likeness (QED) is 0.468. The van der Waals surface area contributed by atoms with Gasteiger partial charge in [0.25, 0.3) is 11.8 Å². The molecular weight excluding hydrogens is 482 g/mol. The van der Waals surface area contributed by atoms with Crippen molar-refractivity contribution >= 4 is 29.4 Å². The van der Waals surface area contributed by atoms with E-state index in [0.29, 0.717) is 30.1 Å². The van der Waals surface area contributed by atoms with E-state index in [9.17, 15) is 14.4 Å². The summed E-state index contributed by atoms with van der Waals surface area (Å²) in [6.45, 7) is 6.90. The van der Waals surface area contributed by atoms with Crippen LogP contribution in [0.4, 0.5) is 16.3 Å². The van der Waals surface area contributed by atoms with Crippen molar-refractivity contribution in [3.8, 4) is 5.75 Å². The van der Waals surface area contributed by atoms with Crippen molar-refractivity contribution in [1.29, 1.82) is 0 Å². The van der Waals surface area contributed by atoms with Crippen LogP contribution in [0, 0.1) is 13.8 Å². The molecule has 0 N–H and O–H groups in total. The van der Waals surface area contributed by atoms with Gasteiger partial charge in [-0.1, -0.05) is 18.2 Å². The third-order valence-corrected chi connectivity index (χ3v) is 7.04. The zero-order valence-electron chi connectivity index (χ0n) is 21.9. The van der Waals surface area contributed by atoms with E-state index >= 15 is 0 Å². The van der Waals surface area contributed by atoms with Crippen LogP contribution in [-0.2, 0) is 11.3 Å². The molecule has 0 saturated carbocycles. The van der Waals surface area contributed by atoms with Gasteiger partial charge in [0, 0.05) is 43.6 Å². The van der Waals surface area contributed by atoms with Crippen LogP contribution in [0.25, 0.3) is 0 Å². The average molecular weight is 514 g/mol. The summed E-state index contributed by atoms with van der Waals surface area (Å²) >= 11 is 0. The van der Waals surface area contributed by atoms with Crippen molar-refractivity contribution in [3.63, 3.8) is 0 Å². The maximum absolute atomic E-state index is 13.1. The first-order chi connectivity index (χ1) is 18.3. The highest BCUT2D eigenvalue weighted by atomic mass is 16.5. The van der Waals surface area contributed by atoms with Gasteiger partial charge in [-0.2, -0.15) is 0 Å². The topological polar surface area (TPSA) is 86.3 Å². The number of aromatic nitrogens is 1. The number of amides is 4. The molecule has 4 amide bonds. The first-order valence-electron chi connectivity index (χ1n) is 12.7. The second-order valence-electron chi connectivity index (χ2n) is 9.68. The molecule has 0 radical (unpaired) electrons. The maximum atomic E-state index is 13.1. The number of rotatable bonds is 6. The van der Waals surface area contributed by atoms with Crippen molar-refractivity contribution in [1.82, 2.24) is 14.8 Å². The number of methoxy groups -OCH3 is 1. The Morgan fingerprint density at radius 3 is 2.26 bits per heavy atom. The monoisotopic (exact) mass is 513 g/mol. The van der Waals surface area contributed by atoms with E-state index in [1.54, 1.807) is 43.5 Å². The lowest BCUT2D eigenvalue weighted by atomic mass is 10.1. The Balaban J connectivity index is 1.20. The molecule has 2 aliphatic rings. The summed E-state index contributed by atoms with van der Waals surface area (Å²) in [4.78, 5) is 50.1. The molecule has 196 valence electrons. The molecule has 2 aromatic carbocycles. The van der Waals surface area contributed by atoms with E-state index in [0.717, 1.165) is 35.6 Å². The van der Waals surface area contributed by atoms with E-state index < -0.39 is 0 Å². The Labute approximate surface area is 222 Å². The van der Waals surface area contributed by atoms with Gasteiger partial charge in [-0.15, -0.1) is 0 Å². The summed E-state index contributed by atoms with van der Waals surface area (Å²) in [5, 5.41) is 0. The Kier molecular flexibility index (Phi) is 7.00. The molecule has 3 aromatic rings. The molecule has 2 fully saturated rings. The van der Waals surface area contributed by atoms with Gasteiger partial charge in [0.1, 0.15) is 18.1 Å².